The van der Waals surface area contributed by atoms with Crippen LogP contribution < -0.4 is 15.8 Å². The minimum Gasteiger partial charge on any atom is -0.495 e. The minimum atomic E-state index is -0.629. The number of esters is 1. The number of nitrogens with zero attached hydrogens (tertiary/aromatic N) is 5. The summed E-state index contributed by atoms with van der Waals surface area (Å²) in [6.45, 7) is 5.01. The van der Waals surface area contributed by atoms with Gasteiger partial charge in [-0.15, -0.1) is 0 Å². The van der Waals surface area contributed by atoms with E-state index >= 15 is 0 Å². The summed E-state index contributed by atoms with van der Waals surface area (Å²) in [6.07, 6.45) is 3.13. The average Bonchev–Trinajstić information content (AvgIpc) is 3.48. The van der Waals surface area contributed by atoms with Gasteiger partial charge in [0.15, 0.2) is 11.5 Å². The summed E-state index contributed by atoms with van der Waals surface area (Å²) in [5.41, 5.74) is 10.5. The maximum atomic E-state index is 12.2. The molecular weight excluding hydrogens is 462 g/mol. The third-order valence-corrected chi connectivity index (χ3v) is 6.69. The van der Waals surface area contributed by atoms with Crippen LogP contribution in [0.2, 0.25) is 0 Å². The number of carbonyl (C=O) groups excluding carboxylic acids is 2. The van der Waals surface area contributed by atoms with Gasteiger partial charge in [0, 0.05) is 55.6 Å². The fourth-order valence-electron chi connectivity index (χ4n) is 4.80. The van der Waals surface area contributed by atoms with Gasteiger partial charge in [-0.3, -0.25) is 9.69 Å². The van der Waals surface area contributed by atoms with Gasteiger partial charge in [0.2, 0.25) is 0 Å². The number of fused-ring (bicyclic) bond motifs is 1. The first kappa shape index (κ1) is 23.5. The number of aromatic nitrogens is 3. The molecule has 3 N–H and O–H groups in total. The highest BCUT2D eigenvalue weighted by atomic mass is 16.5. The lowest BCUT2D eigenvalue weighted by Gasteiger charge is -2.34. The van der Waals surface area contributed by atoms with E-state index in [-0.39, 0.29) is 17.7 Å². The molecule has 0 radical (unpaired) electrons. The average molecular weight is 488 g/mol. The van der Waals surface area contributed by atoms with Crippen LogP contribution in [0.25, 0.3) is 5.82 Å². The van der Waals surface area contributed by atoms with Gasteiger partial charge in [-0.2, -0.15) is 10.4 Å². The zero-order chi connectivity index (χ0) is 25.4. The number of rotatable bonds is 6. The number of primary amides is 1. The zero-order valence-corrected chi connectivity index (χ0v) is 19.9. The van der Waals surface area contributed by atoms with Gasteiger partial charge in [0.1, 0.15) is 24.0 Å². The van der Waals surface area contributed by atoms with Gasteiger partial charge in [-0.05, 0) is 24.1 Å². The Morgan fingerprint density at radius 3 is 3.00 bits per heavy atom. The van der Waals surface area contributed by atoms with E-state index in [2.05, 4.69) is 20.3 Å². The summed E-state index contributed by atoms with van der Waals surface area (Å²) < 4.78 is 11.9. The molecule has 36 heavy (non-hydrogen) atoms. The van der Waals surface area contributed by atoms with Crippen molar-refractivity contribution < 1.29 is 19.1 Å². The number of ether oxygens (including phenoxy) is 2. The van der Waals surface area contributed by atoms with E-state index in [1.54, 1.807) is 12.3 Å². The summed E-state index contributed by atoms with van der Waals surface area (Å²) in [5.74, 6) is -0.135. The van der Waals surface area contributed by atoms with Crippen molar-refractivity contribution >= 4 is 11.9 Å². The van der Waals surface area contributed by atoms with E-state index < -0.39 is 5.91 Å². The summed E-state index contributed by atoms with van der Waals surface area (Å²) >= 11 is 0. The molecule has 1 fully saturated rings. The molecule has 2 aromatic heterocycles. The van der Waals surface area contributed by atoms with Crippen LogP contribution in [0.4, 0.5) is 0 Å². The highest BCUT2D eigenvalue weighted by molar-refractivity contribution is 5.94. The second-order valence-electron chi connectivity index (χ2n) is 8.79. The Morgan fingerprint density at radius 1 is 1.42 bits per heavy atom. The molecule has 0 bridgehead atoms. The van der Waals surface area contributed by atoms with E-state index in [9.17, 15) is 14.9 Å². The van der Waals surface area contributed by atoms with Crippen molar-refractivity contribution in [1.82, 2.24) is 25.0 Å². The molecule has 2 aliphatic heterocycles. The number of nitrogens with two attached hydrogens (primary N) is 1. The molecule has 1 aromatic carbocycles. The fourth-order valence-corrected chi connectivity index (χ4v) is 4.80. The molecule has 0 aliphatic carbocycles. The van der Waals surface area contributed by atoms with E-state index in [1.165, 1.54) is 18.0 Å². The van der Waals surface area contributed by atoms with Crippen molar-refractivity contribution in [3.05, 3.63) is 69.7 Å². The Hall–Kier alpha value is -4.27. The van der Waals surface area contributed by atoms with Crippen LogP contribution in [0.5, 0.6) is 5.75 Å². The van der Waals surface area contributed by atoms with Crippen molar-refractivity contribution in [2.45, 2.75) is 26.1 Å². The van der Waals surface area contributed by atoms with Gasteiger partial charge < -0.3 is 20.5 Å². The minimum absolute atomic E-state index is 0.0521. The van der Waals surface area contributed by atoms with Crippen molar-refractivity contribution in [1.29, 1.82) is 5.26 Å². The largest absolute Gasteiger partial charge is 0.495 e. The van der Waals surface area contributed by atoms with E-state index in [0.717, 1.165) is 29.8 Å². The Labute approximate surface area is 207 Å². The highest BCUT2D eigenvalue weighted by Crippen LogP contribution is 2.30. The summed E-state index contributed by atoms with van der Waals surface area (Å²) in [7, 11) is 1.47. The summed E-state index contributed by atoms with van der Waals surface area (Å²) in [6, 6.07) is 7.49. The Balaban J connectivity index is 1.39. The number of pyridine rings is 1. The molecule has 0 saturated carbocycles. The zero-order valence-electron chi connectivity index (χ0n) is 19.9. The molecule has 184 valence electrons. The molecular formula is C25H25N7O4. The highest BCUT2D eigenvalue weighted by Gasteiger charge is 2.29. The number of amides is 1. The predicted molar refractivity (Wildman–Crippen MR) is 127 cm³/mol. The van der Waals surface area contributed by atoms with Crippen molar-refractivity contribution in [2.24, 2.45) is 5.73 Å². The van der Waals surface area contributed by atoms with Crippen LogP contribution in [0.15, 0.2) is 30.6 Å². The van der Waals surface area contributed by atoms with E-state index in [1.807, 2.05) is 25.1 Å². The lowest BCUT2D eigenvalue weighted by Crippen LogP contribution is -2.45. The third-order valence-electron chi connectivity index (χ3n) is 6.69. The number of cyclic esters (lactones) is 1. The second kappa shape index (κ2) is 9.41. The molecule has 1 amide bonds. The maximum Gasteiger partial charge on any atom is 0.338 e. The number of benzene rings is 1. The molecule has 11 heteroatoms. The van der Waals surface area contributed by atoms with Crippen LogP contribution in [-0.4, -0.2) is 58.3 Å². The molecule has 5 rings (SSSR count). The fraction of sp³-hybridized carbons (Fsp3) is 0.320. The molecule has 4 heterocycles. The molecule has 2 aliphatic rings. The molecule has 11 nitrogen and oxygen atoms in total. The quantitative estimate of drug-likeness (QED) is 0.492. The SMILES string of the molecule is COc1cc(-n2cc(CN3CCNC(c4ccc5c(c4C)COC5=O)C3)c(C(N)=O)n2)ncc1C#N. The number of methoxy groups -OCH3 is 1. The summed E-state index contributed by atoms with van der Waals surface area (Å²) in [5, 5.41) is 17.1. The molecule has 1 atom stereocenters. The lowest BCUT2D eigenvalue weighted by atomic mass is 9.93. The number of hydrogen-bond acceptors (Lipinski definition) is 9. The van der Waals surface area contributed by atoms with Gasteiger partial charge in [0.05, 0.1) is 18.9 Å². The monoisotopic (exact) mass is 487 g/mol. The van der Waals surface area contributed by atoms with Gasteiger partial charge >= 0.3 is 5.97 Å². The third kappa shape index (κ3) is 4.17. The molecule has 0 spiro atoms. The van der Waals surface area contributed by atoms with Crippen LogP contribution in [0.1, 0.15) is 54.7 Å². The van der Waals surface area contributed by atoms with E-state index in [4.69, 9.17) is 15.2 Å². The Bertz CT molecular complexity index is 1410. The lowest BCUT2D eigenvalue weighted by molar-refractivity contribution is 0.0534. The van der Waals surface area contributed by atoms with Crippen LogP contribution in [-0.2, 0) is 17.9 Å². The van der Waals surface area contributed by atoms with Crippen LogP contribution >= 0.6 is 0 Å². The normalized spacial score (nSPS) is 17.4. The van der Waals surface area contributed by atoms with Crippen molar-refractivity contribution in [3.8, 4) is 17.6 Å². The Kier molecular flexibility index (Phi) is 6.13. The first-order valence-electron chi connectivity index (χ1n) is 11.5. The number of nitrogens with one attached hydrogen (secondary N) is 1. The first-order valence-corrected chi connectivity index (χ1v) is 11.5. The number of nitriles is 1. The van der Waals surface area contributed by atoms with Crippen LogP contribution in [0, 0.1) is 18.3 Å². The topological polar surface area (TPSA) is 148 Å². The van der Waals surface area contributed by atoms with E-state index in [0.29, 0.717) is 48.0 Å². The Morgan fingerprint density at radius 2 is 2.25 bits per heavy atom. The smallest absolute Gasteiger partial charge is 0.338 e. The number of piperazine rings is 1. The van der Waals surface area contributed by atoms with Gasteiger partial charge in [0.25, 0.3) is 5.91 Å². The maximum absolute atomic E-state index is 12.2. The van der Waals surface area contributed by atoms with Crippen molar-refractivity contribution in [2.75, 3.05) is 26.7 Å². The second-order valence-corrected chi connectivity index (χ2v) is 8.79. The predicted octanol–water partition coefficient (Wildman–Crippen LogP) is 1.37. The van der Waals surface area contributed by atoms with Gasteiger partial charge in [-0.1, -0.05) is 6.07 Å². The summed E-state index contributed by atoms with van der Waals surface area (Å²) in [4.78, 5) is 30.6. The molecule has 1 unspecified atom stereocenters. The standard InChI is InChI=1S/C25H25N7O4/c1-14-17(3-4-18-19(14)13-36-25(18)34)20-12-31(6-5-28-20)10-16-11-32(30-23(16)24(27)33)22-7-21(35-2)15(8-26)9-29-22/h3-4,7,9,11,20,28H,5-6,10,12-13H2,1-2H3,(H2,27,33). The molecule has 1 saturated heterocycles. The van der Waals surface area contributed by atoms with Crippen molar-refractivity contribution in [3.63, 3.8) is 0 Å². The number of carbonyl (C=O) groups is 2. The van der Waals surface area contributed by atoms with Gasteiger partial charge in [-0.25, -0.2) is 14.5 Å². The number of hydrogen-bond donors (Lipinski definition) is 2. The molecule has 3 aromatic rings. The first-order chi connectivity index (χ1) is 17.4. The van der Waals surface area contributed by atoms with Crippen LogP contribution in [0.3, 0.4) is 0 Å².